The minimum atomic E-state index is -1.46. The van der Waals surface area contributed by atoms with Crippen LogP contribution in [0.25, 0.3) is 0 Å². The topological polar surface area (TPSA) is 81.4 Å². The molecular weight excluding hydrogens is 260 g/mol. The van der Waals surface area contributed by atoms with Gasteiger partial charge in [-0.05, 0) is 32.3 Å². The molecule has 112 valence electrons. The van der Waals surface area contributed by atoms with Crippen molar-refractivity contribution < 1.29 is 19.4 Å². The van der Waals surface area contributed by atoms with E-state index in [9.17, 15) is 14.7 Å². The Morgan fingerprint density at radius 3 is 2.55 bits per heavy atom. The van der Waals surface area contributed by atoms with Crippen LogP contribution >= 0.6 is 0 Å². The van der Waals surface area contributed by atoms with E-state index in [1.807, 2.05) is 13.0 Å². The number of aryl methyl sites for hydroxylation is 2. The first-order chi connectivity index (χ1) is 9.47. The van der Waals surface area contributed by atoms with Gasteiger partial charge in [-0.25, -0.2) is 0 Å². The highest BCUT2D eigenvalue weighted by Crippen LogP contribution is 2.32. The van der Waals surface area contributed by atoms with Crippen LogP contribution in [-0.4, -0.2) is 33.4 Å². The predicted molar refractivity (Wildman–Crippen MR) is 73.1 cm³/mol. The maximum Gasteiger partial charge on any atom is 0.323 e. The summed E-state index contributed by atoms with van der Waals surface area (Å²) in [7, 11) is 1.79. The molecule has 0 saturated heterocycles. The maximum absolute atomic E-state index is 12.1. The van der Waals surface area contributed by atoms with Crippen LogP contribution in [0.4, 0.5) is 0 Å². The van der Waals surface area contributed by atoms with Crippen LogP contribution in [0.5, 0.6) is 0 Å². The van der Waals surface area contributed by atoms with Gasteiger partial charge in [0.25, 0.3) is 0 Å². The molecule has 0 saturated carbocycles. The lowest BCUT2D eigenvalue weighted by molar-refractivity contribution is -0.170. The highest BCUT2D eigenvalue weighted by atomic mass is 16.5. The van der Waals surface area contributed by atoms with E-state index in [4.69, 9.17) is 4.74 Å². The highest BCUT2D eigenvalue weighted by Gasteiger charge is 2.46. The van der Waals surface area contributed by atoms with Gasteiger partial charge in [0.05, 0.1) is 6.61 Å². The molecule has 1 heterocycles. The summed E-state index contributed by atoms with van der Waals surface area (Å²) in [5, 5.41) is 13.6. The number of hydrogen-bond donors (Lipinski definition) is 1. The Balaban J connectivity index is 2.94. The van der Waals surface area contributed by atoms with Crippen molar-refractivity contribution in [3.05, 3.63) is 18.0 Å². The van der Waals surface area contributed by atoms with Gasteiger partial charge in [0.15, 0.2) is 5.41 Å². The van der Waals surface area contributed by atoms with Crippen molar-refractivity contribution >= 4 is 11.9 Å². The van der Waals surface area contributed by atoms with Gasteiger partial charge in [-0.1, -0.05) is 13.3 Å². The number of ether oxygens (including phenoxy) is 1. The van der Waals surface area contributed by atoms with Crippen molar-refractivity contribution in [1.29, 1.82) is 0 Å². The lowest BCUT2D eigenvalue weighted by Gasteiger charge is -2.26. The lowest BCUT2D eigenvalue weighted by Crippen LogP contribution is -2.41. The normalized spacial score (nSPS) is 13.8. The summed E-state index contributed by atoms with van der Waals surface area (Å²) in [4.78, 5) is 23.8. The van der Waals surface area contributed by atoms with Crippen LogP contribution in [0.15, 0.2) is 12.3 Å². The molecule has 1 N–H and O–H groups in total. The zero-order valence-corrected chi connectivity index (χ0v) is 12.3. The van der Waals surface area contributed by atoms with Gasteiger partial charge in [0.1, 0.15) is 0 Å². The zero-order chi connectivity index (χ0) is 15.2. The lowest BCUT2D eigenvalue weighted by atomic mass is 9.78. The van der Waals surface area contributed by atoms with E-state index >= 15 is 0 Å². The van der Waals surface area contributed by atoms with Crippen LogP contribution in [0.2, 0.25) is 0 Å². The second kappa shape index (κ2) is 7.07. The molecule has 1 rings (SSSR count). The summed E-state index contributed by atoms with van der Waals surface area (Å²) >= 11 is 0. The molecule has 0 amide bonds. The van der Waals surface area contributed by atoms with Crippen molar-refractivity contribution in [3.8, 4) is 0 Å². The van der Waals surface area contributed by atoms with E-state index in [1.54, 1.807) is 24.9 Å². The average molecular weight is 282 g/mol. The smallest absolute Gasteiger partial charge is 0.323 e. The number of hydrogen-bond acceptors (Lipinski definition) is 4. The number of carbonyl (C=O) groups excluding carboxylic acids is 1. The van der Waals surface area contributed by atoms with Crippen molar-refractivity contribution in [2.24, 2.45) is 12.5 Å². The Hall–Kier alpha value is -1.85. The third-order valence-electron chi connectivity index (χ3n) is 3.48. The van der Waals surface area contributed by atoms with Gasteiger partial charge in [-0.3, -0.25) is 14.3 Å². The molecule has 0 aliphatic carbocycles. The average Bonchev–Trinajstić information content (AvgIpc) is 2.80. The molecule has 1 unspecified atom stereocenters. The highest BCUT2D eigenvalue weighted by molar-refractivity contribution is 5.99. The first-order valence-corrected chi connectivity index (χ1v) is 6.85. The van der Waals surface area contributed by atoms with Crippen LogP contribution in [0.3, 0.4) is 0 Å². The van der Waals surface area contributed by atoms with E-state index in [0.717, 1.165) is 5.69 Å². The fourth-order valence-corrected chi connectivity index (χ4v) is 2.31. The molecule has 1 atom stereocenters. The summed E-state index contributed by atoms with van der Waals surface area (Å²) < 4.78 is 6.66. The van der Waals surface area contributed by atoms with E-state index in [-0.39, 0.29) is 19.4 Å². The van der Waals surface area contributed by atoms with E-state index in [1.165, 1.54) is 0 Å². The SMILES string of the molecule is CCCC(CCc1ccnn1C)(C(=O)O)C(=O)OCC. The quantitative estimate of drug-likeness (QED) is 0.580. The molecule has 0 bridgehead atoms. The number of nitrogens with zero attached hydrogens (tertiary/aromatic N) is 2. The molecule has 6 nitrogen and oxygen atoms in total. The summed E-state index contributed by atoms with van der Waals surface area (Å²) in [6, 6.07) is 1.82. The fourth-order valence-electron chi connectivity index (χ4n) is 2.31. The number of esters is 1. The zero-order valence-electron chi connectivity index (χ0n) is 12.3. The van der Waals surface area contributed by atoms with Gasteiger partial charge in [-0.15, -0.1) is 0 Å². The number of carboxylic acids is 1. The van der Waals surface area contributed by atoms with Gasteiger partial charge < -0.3 is 9.84 Å². The molecule has 0 aromatic carbocycles. The summed E-state index contributed by atoms with van der Waals surface area (Å²) in [5.74, 6) is -1.75. The fraction of sp³-hybridized carbons (Fsp3) is 0.643. The molecule has 6 heteroatoms. The third kappa shape index (κ3) is 3.37. The minimum absolute atomic E-state index is 0.184. The van der Waals surface area contributed by atoms with Gasteiger partial charge >= 0.3 is 11.9 Å². The van der Waals surface area contributed by atoms with Crippen molar-refractivity contribution in [1.82, 2.24) is 9.78 Å². The number of carbonyl (C=O) groups is 2. The Kier molecular flexibility index (Phi) is 5.73. The third-order valence-corrected chi connectivity index (χ3v) is 3.48. The Labute approximate surface area is 118 Å². The van der Waals surface area contributed by atoms with Gasteiger partial charge in [0, 0.05) is 18.9 Å². The van der Waals surface area contributed by atoms with Crippen LogP contribution in [-0.2, 0) is 27.8 Å². The second-order valence-electron chi connectivity index (χ2n) is 4.80. The first-order valence-electron chi connectivity index (χ1n) is 6.85. The number of aromatic nitrogens is 2. The molecule has 0 spiro atoms. The van der Waals surface area contributed by atoms with Gasteiger partial charge in [0.2, 0.25) is 0 Å². The molecule has 0 aliphatic heterocycles. The van der Waals surface area contributed by atoms with Crippen molar-refractivity contribution in [3.63, 3.8) is 0 Å². The standard InChI is InChI=1S/C14H22N2O4/c1-4-8-14(12(17)18,13(19)20-5-2)9-6-11-7-10-15-16(11)3/h7,10H,4-6,8-9H2,1-3H3,(H,17,18). The predicted octanol–water partition coefficient (Wildman–Crippen LogP) is 1.79. The monoisotopic (exact) mass is 282 g/mol. The van der Waals surface area contributed by atoms with Crippen LogP contribution < -0.4 is 0 Å². The molecule has 0 radical (unpaired) electrons. The Morgan fingerprint density at radius 1 is 1.40 bits per heavy atom. The molecular formula is C14H22N2O4. The number of aliphatic carboxylic acids is 1. The summed E-state index contributed by atoms with van der Waals surface area (Å²) in [6.07, 6.45) is 3.23. The van der Waals surface area contributed by atoms with Crippen molar-refractivity contribution in [2.75, 3.05) is 6.61 Å². The first kappa shape index (κ1) is 16.2. The second-order valence-corrected chi connectivity index (χ2v) is 4.80. The van der Waals surface area contributed by atoms with E-state index in [2.05, 4.69) is 5.10 Å². The molecule has 20 heavy (non-hydrogen) atoms. The molecule has 0 fully saturated rings. The molecule has 1 aromatic rings. The Bertz CT molecular complexity index is 469. The molecule has 1 aromatic heterocycles. The summed E-state index contributed by atoms with van der Waals surface area (Å²) in [5.41, 5.74) is -0.564. The maximum atomic E-state index is 12.1. The molecule has 0 aliphatic rings. The van der Waals surface area contributed by atoms with Gasteiger partial charge in [-0.2, -0.15) is 5.10 Å². The van der Waals surface area contributed by atoms with Crippen LogP contribution in [0.1, 0.15) is 38.8 Å². The number of carboxylic acid groups (broad SMARTS) is 1. The van der Waals surface area contributed by atoms with Crippen molar-refractivity contribution in [2.45, 2.75) is 39.5 Å². The van der Waals surface area contributed by atoms with Crippen LogP contribution in [0, 0.1) is 5.41 Å². The van der Waals surface area contributed by atoms with E-state index in [0.29, 0.717) is 12.8 Å². The minimum Gasteiger partial charge on any atom is -0.480 e. The largest absolute Gasteiger partial charge is 0.480 e. The van der Waals surface area contributed by atoms with E-state index < -0.39 is 17.4 Å². The Morgan fingerprint density at radius 2 is 2.10 bits per heavy atom. The number of rotatable bonds is 8. The summed E-state index contributed by atoms with van der Waals surface area (Å²) in [6.45, 7) is 3.72.